The topological polar surface area (TPSA) is 71.8 Å². The number of furan rings is 1. The van der Waals surface area contributed by atoms with Crippen molar-refractivity contribution in [3.63, 3.8) is 0 Å². The average molecular weight is 268 g/mol. The number of carbonyl (C=O) groups excluding carboxylic acids is 2. The molecule has 0 bridgehead atoms. The van der Waals surface area contributed by atoms with Crippen molar-refractivity contribution in [3.8, 4) is 0 Å². The molecule has 0 fully saturated rings. The monoisotopic (exact) mass is 268 g/mol. The number of amides is 1. The van der Waals surface area contributed by atoms with Gasteiger partial charge in [0.25, 0.3) is 0 Å². The van der Waals surface area contributed by atoms with Gasteiger partial charge in [0.15, 0.2) is 0 Å². The number of nitrogens with zero attached hydrogens (tertiary/aromatic N) is 1. The third kappa shape index (κ3) is 5.13. The van der Waals surface area contributed by atoms with Crippen LogP contribution in [0.1, 0.15) is 19.6 Å². The van der Waals surface area contributed by atoms with Crippen LogP contribution < -0.4 is 5.32 Å². The van der Waals surface area contributed by atoms with E-state index in [2.05, 4.69) is 5.32 Å². The summed E-state index contributed by atoms with van der Waals surface area (Å²) in [6.45, 7) is 5.04. The van der Waals surface area contributed by atoms with Crippen molar-refractivity contribution in [2.24, 2.45) is 0 Å². The fraction of sp³-hybridized carbons (Fsp3) is 0.538. The second-order valence-corrected chi connectivity index (χ2v) is 4.18. The molecule has 0 aliphatic carbocycles. The quantitative estimate of drug-likeness (QED) is 0.740. The maximum Gasteiger partial charge on any atom is 0.329 e. The number of ether oxygens (including phenoxy) is 1. The highest BCUT2D eigenvalue weighted by molar-refractivity contribution is 5.83. The lowest BCUT2D eigenvalue weighted by atomic mass is 10.2. The van der Waals surface area contributed by atoms with Gasteiger partial charge in [-0.2, -0.15) is 0 Å². The zero-order valence-electron chi connectivity index (χ0n) is 11.5. The third-order valence-electron chi connectivity index (χ3n) is 2.71. The van der Waals surface area contributed by atoms with Crippen LogP contribution in [0.2, 0.25) is 0 Å². The lowest BCUT2D eigenvalue weighted by Crippen LogP contribution is -2.48. The number of methoxy groups -OCH3 is 1. The zero-order chi connectivity index (χ0) is 14.3. The van der Waals surface area contributed by atoms with Crippen LogP contribution in [0.3, 0.4) is 0 Å². The first-order chi connectivity index (χ1) is 9.06. The number of likely N-dealkylation sites (N-methyl/N-ethyl adjacent to an activating group) is 1. The Bertz CT molecular complexity index is 403. The summed E-state index contributed by atoms with van der Waals surface area (Å²) in [6.07, 6.45) is 1.61. The first kappa shape index (κ1) is 15.2. The summed E-state index contributed by atoms with van der Waals surface area (Å²) in [4.78, 5) is 24.7. The summed E-state index contributed by atoms with van der Waals surface area (Å²) in [5, 5.41) is 2.59. The molecule has 6 heteroatoms. The van der Waals surface area contributed by atoms with Crippen LogP contribution in [-0.2, 0) is 20.9 Å². The number of rotatable bonds is 7. The molecule has 1 rings (SSSR count). The first-order valence-corrected chi connectivity index (χ1v) is 6.16. The van der Waals surface area contributed by atoms with Gasteiger partial charge in [0.2, 0.25) is 5.91 Å². The van der Waals surface area contributed by atoms with Crippen molar-refractivity contribution >= 4 is 11.9 Å². The highest BCUT2D eigenvalue weighted by Crippen LogP contribution is 2.06. The van der Waals surface area contributed by atoms with E-state index in [1.54, 1.807) is 6.26 Å². The van der Waals surface area contributed by atoms with Gasteiger partial charge in [-0.15, -0.1) is 0 Å². The molecule has 1 atom stereocenters. The van der Waals surface area contributed by atoms with Gasteiger partial charge in [0.1, 0.15) is 11.8 Å². The van der Waals surface area contributed by atoms with Crippen LogP contribution in [-0.4, -0.2) is 43.0 Å². The number of hydrogen-bond donors (Lipinski definition) is 1. The average Bonchev–Trinajstić information content (AvgIpc) is 2.88. The summed E-state index contributed by atoms with van der Waals surface area (Å²) >= 11 is 0. The lowest BCUT2D eigenvalue weighted by molar-refractivity contribution is -0.145. The van der Waals surface area contributed by atoms with Crippen LogP contribution in [0, 0.1) is 0 Å². The Hall–Kier alpha value is -1.82. The van der Waals surface area contributed by atoms with E-state index in [1.807, 2.05) is 24.0 Å². The van der Waals surface area contributed by atoms with Crippen LogP contribution >= 0.6 is 0 Å². The molecule has 1 aromatic heterocycles. The second-order valence-electron chi connectivity index (χ2n) is 4.18. The van der Waals surface area contributed by atoms with Crippen LogP contribution in [0.25, 0.3) is 0 Å². The van der Waals surface area contributed by atoms with Crippen molar-refractivity contribution in [2.75, 3.05) is 20.2 Å². The van der Waals surface area contributed by atoms with E-state index in [0.29, 0.717) is 13.1 Å². The SMILES string of the molecule is CCN(Cc1ccco1)CC(NC(C)=O)C(=O)OC. The Kier molecular flexibility index (Phi) is 6.08. The van der Waals surface area contributed by atoms with Crippen molar-refractivity contribution in [2.45, 2.75) is 26.4 Å². The summed E-state index contributed by atoms with van der Waals surface area (Å²) in [5.74, 6) is 0.103. The molecule has 0 radical (unpaired) electrons. The smallest absolute Gasteiger partial charge is 0.329 e. The summed E-state index contributed by atoms with van der Waals surface area (Å²) in [5.41, 5.74) is 0. The standard InChI is InChI=1S/C13H20N2O4/c1-4-15(8-11-6-5-7-19-11)9-12(13(17)18-3)14-10(2)16/h5-7,12H,4,8-9H2,1-3H3,(H,14,16). The molecule has 0 saturated carbocycles. The molecule has 106 valence electrons. The largest absolute Gasteiger partial charge is 0.468 e. The Morgan fingerprint density at radius 3 is 2.74 bits per heavy atom. The normalized spacial score (nSPS) is 12.2. The third-order valence-corrected chi connectivity index (χ3v) is 2.71. The van der Waals surface area contributed by atoms with Crippen LogP contribution in [0.4, 0.5) is 0 Å². The fourth-order valence-corrected chi connectivity index (χ4v) is 1.75. The number of hydrogen-bond acceptors (Lipinski definition) is 5. The van der Waals surface area contributed by atoms with E-state index in [4.69, 9.17) is 9.15 Å². The molecule has 0 spiro atoms. The molecule has 1 heterocycles. The maximum absolute atomic E-state index is 11.6. The van der Waals surface area contributed by atoms with Gasteiger partial charge in [-0.1, -0.05) is 6.92 Å². The first-order valence-electron chi connectivity index (χ1n) is 6.16. The second kappa shape index (κ2) is 7.58. The van der Waals surface area contributed by atoms with Gasteiger partial charge >= 0.3 is 5.97 Å². The maximum atomic E-state index is 11.6. The number of esters is 1. The van der Waals surface area contributed by atoms with Crippen molar-refractivity contribution in [1.82, 2.24) is 10.2 Å². The minimum atomic E-state index is -0.669. The molecule has 0 aromatic carbocycles. The predicted octanol–water partition coefficient (Wildman–Crippen LogP) is 0.779. The Morgan fingerprint density at radius 2 is 2.26 bits per heavy atom. The number of carbonyl (C=O) groups is 2. The van der Waals surface area contributed by atoms with Gasteiger partial charge in [0, 0.05) is 13.5 Å². The summed E-state index contributed by atoms with van der Waals surface area (Å²) in [7, 11) is 1.31. The van der Waals surface area contributed by atoms with Gasteiger partial charge in [-0.25, -0.2) is 4.79 Å². The molecule has 1 N–H and O–H groups in total. The Balaban J connectivity index is 2.63. The fourth-order valence-electron chi connectivity index (χ4n) is 1.75. The molecular formula is C13H20N2O4. The Labute approximate surface area is 112 Å². The minimum absolute atomic E-state index is 0.260. The molecule has 1 unspecified atom stereocenters. The number of nitrogens with one attached hydrogen (secondary N) is 1. The molecule has 0 aliphatic rings. The molecule has 1 amide bonds. The zero-order valence-corrected chi connectivity index (χ0v) is 11.5. The summed E-state index contributed by atoms with van der Waals surface area (Å²) in [6, 6.07) is 3.01. The van der Waals surface area contributed by atoms with E-state index >= 15 is 0 Å². The van der Waals surface area contributed by atoms with Gasteiger partial charge in [0.05, 0.1) is 19.9 Å². The van der Waals surface area contributed by atoms with Crippen LogP contribution in [0.5, 0.6) is 0 Å². The van der Waals surface area contributed by atoms with Gasteiger partial charge in [-0.05, 0) is 18.7 Å². The van der Waals surface area contributed by atoms with E-state index in [0.717, 1.165) is 12.3 Å². The van der Waals surface area contributed by atoms with E-state index in [-0.39, 0.29) is 5.91 Å². The van der Waals surface area contributed by atoms with Crippen molar-refractivity contribution in [3.05, 3.63) is 24.2 Å². The lowest BCUT2D eigenvalue weighted by Gasteiger charge is -2.24. The van der Waals surface area contributed by atoms with Gasteiger partial charge in [-0.3, -0.25) is 9.69 Å². The van der Waals surface area contributed by atoms with E-state index in [9.17, 15) is 9.59 Å². The molecule has 0 aliphatic heterocycles. The van der Waals surface area contributed by atoms with Gasteiger partial charge < -0.3 is 14.5 Å². The molecule has 19 heavy (non-hydrogen) atoms. The van der Waals surface area contributed by atoms with Crippen LogP contribution in [0.15, 0.2) is 22.8 Å². The van der Waals surface area contributed by atoms with E-state index in [1.165, 1.54) is 14.0 Å². The van der Waals surface area contributed by atoms with Crippen molar-refractivity contribution in [1.29, 1.82) is 0 Å². The molecule has 0 saturated heterocycles. The Morgan fingerprint density at radius 1 is 1.53 bits per heavy atom. The molecule has 1 aromatic rings. The highest BCUT2D eigenvalue weighted by atomic mass is 16.5. The molecular weight excluding hydrogens is 248 g/mol. The predicted molar refractivity (Wildman–Crippen MR) is 69.3 cm³/mol. The highest BCUT2D eigenvalue weighted by Gasteiger charge is 2.23. The summed E-state index contributed by atoms with van der Waals surface area (Å²) < 4.78 is 9.96. The van der Waals surface area contributed by atoms with E-state index < -0.39 is 12.0 Å². The van der Waals surface area contributed by atoms with Crippen molar-refractivity contribution < 1.29 is 18.7 Å². The molecule has 6 nitrogen and oxygen atoms in total. The minimum Gasteiger partial charge on any atom is -0.468 e.